The van der Waals surface area contributed by atoms with Crippen molar-refractivity contribution in [1.29, 1.82) is 0 Å². The molecule has 0 saturated carbocycles. The third-order valence-corrected chi connectivity index (χ3v) is 12.6. The molecule has 0 radical (unpaired) electrons. The van der Waals surface area contributed by atoms with Gasteiger partial charge in [0.2, 0.25) is 0 Å². The summed E-state index contributed by atoms with van der Waals surface area (Å²) >= 11 is 0. The maximum Gasteiger partial charge on any atom is 0.0726 e. The first-order valence-corrected chi connectivity index (χ1v) is 20.1. The van der Waals surface area contributed by atoms with Gasteiger partial charge in [-0.2, -0.15) is 0 Å². The number of fused-ring (bicyclic) bond motifs is 13. The topological polar surface area (TPSA) is 8.17 Å². The van der Waals surface area contributed by atoms with Crippen LogP contribution in [0.3, 0.4) is 0 Å². The highest BCUT2D eigenvalue weighted by Crippen LogP contribution is 2.64. The van der Waals surface area contributed by atoms with E-state index in [0.717, 1.165) is 24.2 Å². The molecule has 0 atom stereocenters. The first kappa shape index (κ1) is 32.1. The predicted molar refractivity (Wildman–Crippen MR) is 239 cm³/mol. The van der Waals surface area contributed by atoms with Crippen molar-refractivity contribution < 1.29 is 0 Å². The SMILES string of the molecule is C1=CC(n2c3ccccc3c3cc(N(c4ccc(-c5ccccc5)cc4)c4cccc5c4-c4ccccc4C54c5ccccc5-c5ccccc54)ccc32)=CCC1. The van der Waals surface area contributed by atoms with Crippen molar-refractivity contribution in [2.75, 3.05) is 4.90 Å². The molecule has 12 rings (SSSR count). The Morgan fingerprint density at radius 1 is 0.439 bits per heavy atom. The summed E-state index contributed by atoms with van der Waals surface area (Å²) in [6.07, 6.45) is 9.10. The van der Waals surface area contributed by atoms with E-state index in [4.69, 9.17) is 0 Å². The van der Waals surface area contributed by atoms with E-state index in [2.05, 4.69) is 216 Å². The van der Waals surface area contributed by atoms with Crippen LogP contribution in [0.4, 0.5) is 17.1 Å². The second kappa shape index (κ2) is 12.4. The van der Waals surface area contributed by atoms with Gasteiger partial charge in [0.05, 0.1) is 22.1 Å². The summed E-state index contributed by atoms with van der Waals surface area (Å²) in [6, 6.07) is 70.0. The second-order valence-electron chi connectivity index (χ2n) is 15.5. The lowest BCUT2D eigenvalue weighted by Gasteiger charge is -2.32. The largest absolute Gasteiger partial charge is 0.310 e. The monoisotopic (exact) mass is 726 g/mol. The quantitative estimate of drug-likeness (QED) is 0.171. The van der Waals surface area contributed by atoms with E-state index < -0.39 is 5.41 Å². The molecule has 0 amide bonds. The summed E-state index contributed by atoms with van der Waals surface area (Å²) in [5.41, 5.74) is 19.7. The molecule has 1 aromatic heterocycles. The zero-order chi connectivity index (χ0) is 37.5. The lowest BCUT2D eigenvalue weighted by atomic mass is 9.70. The Balaban J connectivity index is 1.13. The van der Waals surface area contributed by atoms with Crippen LogP contribution in [0, 0.1) is 0 Å². The van der Waals surface area contributed by atoms with Crippen LogP contribution >= 0.6 is 0 Å². The van der Waals surface area contributed by atoms with Gasteiger partial charge >= 0.3 is 0 Å². The van der Waals surface area contributed by atoms with Crippen molar-refractivity contribution in [2.24, 2.45) is 0 Å². The van der Waals surface area contributed by atoms with Crippen LogP contribution in [0.15, 0.2) is 206 Å². The molecular weight excluding hydrogens is 689 g/mol. The Hall–Kier alpha value is -7.16. The molecule has 1 heterocycles. The van der Waals surface area contributed by atoms with Gasteiger partial charge in [0.15, 0.2) is 0 Å². The maximum absolute atomic E-state index is 2.50. The normalized spacial score (nSPS) is 14.4. The van der Waals surface area contributed by atoms with Crippen molar-refractivity contribution in [2.45, 2.75) is 18.3 Å². The molecule has 0 unspecified atom stereocenters. The molecule has 2 heteroatoms. The predicted octanol–water partition coefficient (Wildman–Crippen LogP) is 14.5. The number of allylic oxidation sites excluding steroid dienone is 4. The van der Waals surface area contributed by atoms with Gasteiger partial charge in [0.25, 0.3) is 0 Å². The summed E-state index contributed by atoms with van der Waals surface area (Å²) in [6.45, 7) is 0. The van der Waals surface area contributed by atoms with Crippen molar-refractivity contribution in [3.63, 3.8) is 0 Å². The standard InChI is InChI=1S/C55H38N2/c1-3-16-37(17-4-1)38-30-32-40(33-31-38)56(41-34-35-52-46(36-41)44-22-10-14-28-51(44)57(52)39-18-5-2-6-19-39)53-29-15-27-50-54(53)45-23-9-13-26-49(45)55(50)47-24-11-7-20-42(47)43-21-8-12-25-48(43)55/h1,3-5,7-36H,2,6H2. The molecule has 0 N–H and O–H groups in total. The number of hydrogen-bond acceptors (Lipinski definition) is 1. The maximum atomic E-state index is 2.50. The van der Waals surface area contributed by atoms with Gasteiger partial charge < -0.3 is 9.47 Å². The van der Waals surface area contributed by atoms with Crippen molar-refractivity contribution >= 4 is 44.6 Å². The van der Waals surface area contributed by atoms with Gasteiger partial charge in [-0.15, -0.1) is 0 Å². The highest BCUT2D eigenvalue weighted by molar-refractivity contribution is 6.12. The van der Waals surface area contributed by atoms with Crippen molar-refractivity contribution in [3.8, 4) is 33.4 Å². The number of rotatable bonds is 5. The lowest BCUT2D eigenvalue weighted by Crippen LogP contribution is -2.26. The molecule has 0 fully saturated rings. The molecule has 0 bridgehead atoms. The highest BCUT2D eigenvalue weighted by Gasteiger charge is 2.52. The zero-order valence-corrected chi connectivity index (χ0v) is 31.4. The fourth-order valence-corrected chi connectivity index (χ4v) is 10.3. The van der Waals surface area contributed by atoms with E-state index in [1.165, 1.54) is 88.8 Å². The van der Waals surface area contributed by atoms with Crippen LogP contribution in [0.2, 0.25) is 0 Å². The van der Waals surface area contributed by atoms with E-state index >= 15 is 0 Å². The Labute approximate surface area is 332 Å². The number of anilines is 3. The van der Waals surface area contributed by atoms with Crippen LogP contribution in [0.1, 0.15) is 35.1 Å². The van der Waals surface area contributed by atoms with Crippen LogP contribution in [-0.2, 0) is 5.41 Å². The first-order valence-electron chi connectivity index (χ1n) is 20.1. The Morgan fingerprint density at radius 2 is 1.04 bits per heavy atom. The van der Waals surface area contributed by atoms with Gasteiger partial charge in [0.1, 0.15) is 0 Å². The van der Waals surface area contributed by atoms with Crippen molar-refractivity contribution in [1.82, 2.24) is 4.57 Å². The van der Waals surface area contributed by atoms with Gasteiger partial charge in [-0.3, -0.25) is 0 Å². The van der Waals surface area contributed by atoms with Gasteiger partial charge in [-0.25, -0.2) is 0 Å². The summed E-state index contributed by atoms with van der Waals surface area (Å²) in [5, 5.41) is 2.51. The average Bonchev–Trinajstić information content (AvgIpc) is 3.89. The molecule has 2 nitrogen and oxygen atoms in total. The first-order chi connectivity index (χ1) is 28.3. The Bertz CT molecular complexity index is 3080. The lowest BCUT2D eigenvalue weighted by molar-refractivity contribution is 0.794. The number of nitrogens with zero attached hydrogens (tertiary/aromatic N) is 2. The molecule has 57 heavy (non-hydrogen) atoms. The molecule has 8 aromatic carbocycles. The minimum Gasteiger partial charge on any atom is -0.310 e. The van der Waals surface area contributed by atoms with E-state index in [1.54, 1.807) is 0 Å². The number of hydrogen-bond donors (Lipinski definition) is 0. The van der Waals surface area contributed by atoms with E-state index in [0.29, 0.717) is 0 Å². The van der Waals surface area contributed by atoms with Crippen LogP contribution < -0.4 is 4.90 Å². The Kier molecular flexibility index (Phi) is 7.00. The molecule has 3 aliphatic carbocycles. The second-order valence-corrected chi connectivity index (χ2v) is 15.5. The third-order valence-electron chi connectivity index (χ3n) is 12.6. The minimum absolute atomic E-state index is 0.420. The van der Waals surface area contributed by atoms with Crippen LogP contribution in [-0.4, -0.2) is 4.57 Å². The Morgan fingerprint density at radius 3 is 1.77 bits per heavy atom. The van der Waals surface area contributed by atoms with Gasteiger partial charge in [0, 0.05) is 33.4 Å². The smallest absolute Gasteiger partial charge is 0.0726 e. The fourth-order valence-electron chi connectivity index (χ4n) is 10.3. The van der Waals surface area contributed by atoms with Gasteiger partial charge in [-0.1, -0.05) is 158 Å². The molecule has 268 valence electrons. The van der Waals surface area contributed by atoms with Crippen LogP contribution in [0.5, 0.6) is 0 Å². The van der Waals surface area contributed by atoms with Gasteiger partial charge in [-0.05, 0) is 111 Å². The van der Waals surface area contributed by atoms with E-state index in [1.807, 2.05) is 0 Å². The molecular formula is C55H38N2. The number of para-hydroxylation sites is 1. The molecule has 0 aliphatic heterocycles. The zero-order valence-electron chi connectivity index (χ0n) is 31.4. The highest BCUT2D eigenvalue weighted by atomic mass is 15.1. The summed E-state index contributed by atoms with van der Waals surface area (Å²) in [4.78, 5) is 2.50. The molecule has 3 aliphatic rings. The summed E-state index contributed by atoms with van der Waals surface area (Å²) < 4.78 is 2.44. The molecule has 9 aromatic rings. The molecule has 1 spiro atoms. The van der Waals surface area contributed by atoms with E-state index in [9.17, 15) is 0 Å². The number of benzene rings is 8. The fraction of sp³-hybridized carbons (Fsp3) is 0.0545. The number of aromatic nitrogens is 1. The molecule has 0 saturated heterocycles. The van der Waals surface area contributed by atoms with Crippen molar-refractivity contribution in [3.05, 3.63) is 229 Å². The third kappa shape index (κ3) is 4.53. The van der Waals surface area contributed by atoms with E-state index in [-0.39, 0.29) is 0 Å². The average molecular weight is 727 g/mol. The van der Waals surface area contributed by atoms with Crippen LogP contribution in [0.25, 0.3) is 60.9 Å². The summed E-state index contributed by atoms with van der Waals surface area (Å²) in [7, 11) is 0. The minimum atomic E-state index is -0.420. The summed E-state index contributed by atoms with van der Waals surface area (Å²) in [5.74, 6) is 0.